The first-order valence-corrected chi connectivity index (χ1v) is 6.71. The predicted octanol–water partition coefficient (Wildman–Crippen LogP) is 2.07. The van der Waals surface area contributed by atoms with Crippen LogP contribution in [0.5, 0.6) is 0 Å². The van der Waals surface area contributed by atoms with Crippen molar-refractivity contribution in [2.75, 3.05) is 13.1 Å². The van der Waals surface area contributed by atoms with Crippen molar-refractivity contribution in [3.63, 3.8) is 0 Å². The van der Waals surface area contributed by atoms with Crippen LogP contribution in [0.25, 0.3) is 0 Å². The SMILES string of the molecule is Cc1ccc(CC(=O)NC2CNCCC2C)cc1.Cl. The van der Waals surface area contributed by atoms with Gasteiger partial charge in [-0.3, -0.25) is 4.79 Å². The molecule has 0 radical (unpaired) electrons. The third kappa shape index (κ3) is 4.84. The molecule has 2 rings (SSSR count). The highest BCUT2D eigenvalue weighted by atomic mass is 35.5. The summed E-state index contributed by atoms with van der Waals surface area (Å²) in [5.74, 6) is 0.688. The zero-order valence-electron chi connectivity index (χ0n) is 11.6. The topological polar surface area (TPSA) is 41.1 Å². The van der Waals surface area contributed by atoms with Crippen LogP contribution in [-0.4, -0.2) is 25.0 Å². The van der Waals surface area contributed by atoms with Gasteiger partial charge >= 0.3 is 0 Å². The number of carbonyl (C=O) groups excluding carboxylic acids is 1. The van der Waals surface area contributed by atoms with E-state index < -0.39 is 0 Å². The van der Waals surface area contributed by atoms with E-state index in [0.717, 1.165) is 25.1 Å². The number of benzene rings is 1. The second kappa shape index (κ2) is 7.51. The fourth-order valence-corrected chi connectivity index (χ4v) is 2.33. The highest BCUT2D eigenvalue weighted by Crippen LogP contribution is 2.11. The predicted molar refractivity (Wildman–Crippen MR) is 80.7 cm³/mol. The molecular weight excluding hydrogens is 260 g/mol. The van der Waals surface area contributed by atoms with Crippen LogP contribution in [0.3, 0.4) is 0 Å². The fraction of sp³-hybridized carbons (Fsp3) is 0.533. The Bertz CT molecular complexity index is 405. The van der Waals surface area contributed by atoms with Crippen molar-refractivity contribution in [3.8, 4) is 0 Å². The van der Waals surface area contributed by atoms with Crippen molar-refractivity contribution in [3.05, 3.63) is 35.4 Å². The van der Waals surface area contributed by atoms with Crippen molar-refractivity contribution in [1.82, 2.24) is 10.6 Å². The van der Waals surface area contributed by atoms with Crippen molar-refractivity contribution < 1.29 is 4.79 Å². The summed E-state index contributed by atoms with van der Waals surface area (Å²) < 4.78 is 0. The number of amides is 1. The Hall–Kier alpha value is -1.06. The summed E-state index contributed by atoms with van der Waals surface area (Å²) >= 11 is 0. The van der Waals surface area contributed by atoms with Gasteiger partial charge in [0.1, 0.15) is 0 Å². The zero-order valence-corrected chi connectivity index (χ0v) is 12.4. The minimum Gasteiger partial charge on any atom is -0.352 e. The first-order chi connectivity index (χ1) is 8.65. The van der Waals surface area contributed by atoms with Gasteiger partial charge in [-0.25, -0.2) is 0 Å². The van der Waals surface area contributed by atoms with Gasteiger partial charge in [0, 0.05) is 12.6 Å². The number of piperidine rings is 1. The molecule has 0 aromatic heterocycles. The number of carbonyl (C=O) groups is 1. The Labute approximate surface area is 121 Å². The van der Waals surface area contributed by atoms with E-state index in [1.807, 2.05) is 24.3 Å². The Kier molecular flexibility index (Phi) is 6.32. The molecule has 1 fully saturated rings. The van der Waals surface area contributed by atoms with Crippen molar-refractivity contribution >= 4 is 18.3 Å². The molecule has 1 aliphatic heterocycles. The van der Waals surface area contributed by atoms with Crippen LogP contribution in [0.1, 0.15) is 24.5 Å². The van der Waals surface area contributed by atoms with E-state index in [4.69, 9.17) is 0 Å². The van der Waals surface area contributed by atoms with Gasteiger partial charge < -0.3 is 10.6 Å². The number of halogens is 1. The summed E-state index contributed by atoms with van der Waals surface area (Å²) in [7, 11) is 0. The zero-order chi connectivity index (χ0) is 13.0. The number of hydrogen-bond acceptors (Lipinski definition) is 2. The van der Waals surface area contributed by atoms with Gasteiger partial charge in [-0.2, -0.15) is 0 Å². The lowest BCUT2D eigenvalue weighted by molar-refractivity contribution is -0.121. The molecule has 2 N–H and O–H groups in total. The largest absolute Gasteiger partial charge is 0.352 e. The Morgan fingerprint density at radius 1 is 1.37 bits per heavy atom. The van der Waals surface area contributed by atoms with E-state index in [9.17, 15) is 4.79 Å². The van der Waals surface area contributed by atoms with E-state index in [-0.39, 0.29) is 24.4 Å². The molecule has 1 heterocycles. The van der Waals surface area contributed by atoms with Gasteiger partial charge in [-0.1, -0.05) is 36.8 Å². The van der Waals surface area contributed by atoms with E-state index in [2.05, 4.69) is 24.5 Å². The molecular formula is C15H23ClN2O. The third-order valence-corrected chi connectivity index (χ3v) is 3.66. The second-order valence-electron chi connectivity index (χ2n) is 5.31. The van der Waals surface area contributed by atoms with Crippen molar-refractivity contribution in [1.29, 1.82) is 0 Å². The molecule has 1 aromatic rings. The molecule has 0 bridgehead atoms. The molecule has 2 atom stereocenters. The average Bonchev–Trinajstić information content (AvgIpc) is 2.35. The van der Waals surface area contributed by atoms with E-state index in [0.29, 0.717) is 12.3 Å². The molecule has 2 unspecified atom stereocenters. The normalized spacial score (nSPS) is 22.4. The Morgan fingerprint density at radius 2 is 2.05 bits per heavy atom. The number of nitrogens with one attached hydrogen (secondary N) is 2. The molecule has 19 heavy (non-hydrogen) atoms. The first kappa shape index (κ1) is 16.0. The number of aryl methyl sites for hydroxylation is 1. The minimum atomic E-state index is 0. The maximum Gasteiger partial charge on any atom is 0.224 e. The second-order valence-corrected chi connectivity index (χ2v) is 5.31. The number of hydrogen-bond donors (Lipinski definition) is 2. The summed E-state index contributed by atoms with van der Waals surface area (Å²) in [6.07, 6.45) is 1.61. The van der Waals surface area contributed by atoms with Crippen LogP contribution in [0.15, 0.2) is 24.3 Å². The number of rotatable bonds is 3. The lowest BCUT2D eigenvalue weighted by atomic mass is 9.94. The highest BCUT2D eigenvalue weighted by Gasteiger charge is 2.22. The summed E-state index contributed by atoms with van der Waals surface area (Å²) in [4.78, 5) is 12.0. The smallest absolute Gasteiger partial charge is 0.224 e. The summed E-state index contributed by atoms with van der Waals surface area (Å²) in [5.41, 5.74) is 2.30. The van der Waals surface area contributed by atoms with E-state index >= 15 is 0 Å². The molecule has 1 saturated heterocycles. The third-order valence-electron chi connectivity index (χ3n) is 3.66. The summed E-state index contributed by atoms with van der Waals surface area (Å²) in [5, 5.41) is 6.46. The summed E-state index contributed by atoms with van der Waals surface area (Å²) in [6.45, 7) is 6.21. The Morgan fingerprint density at radius 3 is 2.68 bits per heavy atom. The maximum atomic E-state index is 12.0. The molecule has 106 valence electrons. The van der Waals surface area contributed by atoms with Crippen molar-refractivity contribution in [2.24, 2.45) is 5.92 Å². The molecule has 0 spiro atoms. The van der Waals surface area contributed by atoms with Crippen LogP contribution in [0.2, 0.25) is 0 Å². The van der Waals surface area contributed by atoms with Gasteiger partial charge in [-0.05, 0) is 31.4 Å². The van der Waals surface area contributed by atoms with Crippen molar-refractivity contribution in [2.45, 2.75) is 32.7 Å². The van der Waals surface area contributed by atoms with Gasteiger partial charge in [0.15, 0.2) is 0 Å². The lowest BCUT2D eigenvalue weighted by Crippen LogP contribution is -2.50. The molecule has 1 amide bonds. The molecule has 4 heteroatoms. The fourth-order valence-electron chi connectivity index (χ4n) is 2.33. The van der Waals surface area contributed by atoms with Crippen LogP contribution in [-0.2, 0) is 11.2 Å². The van der Waals surface area contributed by atoms with Gasteiger partial charge in [-0.15, -0.1) is 12.4 Å². The van der Waals surface area contributed by atoms with Gasteiger partial charge in [0.2, 0.25) is 5.91 Å². The Balaban J connectivity index is 0.00000180. The lowest BCUT2D eigenvalue weighted by Gasteiger charge is -2.30. The summed E-state index contributed by atoms with van der Waals surface area (Å²) in [6, 6.07) is 8.42. The van der Waals surface area contributed by atoms with Crippen LogP contribution >= 0.6 is 12.4 Å². The average molecular weight is 283 g/mol. The monoisotopic (exact) mass is 282 g/mol. The molecule has 1 aromatic carbocycles. The maximum absolute atomic E-state index is 12.0. The van der Waals surface area contributed by atoms with Crippen LogP contribution in [0, 0.1) is 12.8 Å². The highest BCUT2D eigenvalue weighted by molar-refractivity contribution is 5.85. The van der Waals surface area contributed by atoms with E-state index in [1.165, 1.54) is 5.56 Å². The molecule has 1 aliphatic rings. The standard InChI is InChI=1S/C15H22N2O.ClH/c1-11-3-5-13(6-4-11)9-15(18)17-14-10-16-8-7-12(14)2;/h3-6,12,14,16H,7-10H2,1-2H3,(H,17,18);1H. The van der Waals surface area contributed by atoms with Crippen LogP contribution < -0.4 is 10.6 Å². The molecule has 0 saturated carbocycles. The first-order valence-electron chi connectivity index (χ1n) is 6.71. The van der Waals surface area contributed by atoms with Gasteiger partial charge in [0.05, 0.1) is 6.42 Å². The molecule has 0 aliphatic carbocycles. The van der Waals surface area contributed by atoms with Gasteiger partial charge in [0.25, 0.3) is 0 Å². The van der Waals surface area contributed by atoms with E-state index in [1.54, 1.807) is 0 Å². The molecule has 3 nitrogen and oxygen atoms in total. The minimum absolute atomic E-state index is 0. The quantitative estimate of drug-likeness (QED) is 0.891. The van der Waals surface area contributed by atoms with Crippen LogP contribution in [0.4, 0.5) is 0 Å².